The van der Waals surface area contributed by atoms with Gasteiger partial charge in [0.1, 0.15) is 11.4 Å². The van der Waals surface area contributed by atoms with Crippen LogP contribution in [0.5, 0.6) is 0 Å². The van der Waals surface area contributed by atoms with Crippen molar-refractivity contribution in [2.24, 2.45) is 0 Å². The normalized spacial score (nSPS) is 14.4. The van der Waals surface area contributed by atoms with E-state index in [4.69, 9.17) is 15.6 Å². The van der Waals surface area contributed by atoms with E-state index in [1.54, 1.807) is 24.3 Å². The fourth-order valence-electron chi connectivity index (χ4n) is 3.60. The van der Waals surface area contributed by atoms with E-state index in [1.165, 1.54) is 12.4 Å². The summed E-state index contributed by atoms with van der Waals surface area (Å²) < 4.78 is 5.48. The van der Waals surface area contributed by atoms with E-state index in [2.05, 4.69) is 20.5 Å². The summed E-state index contributed by atoms with van der Waals surface area (Å²) in [6.45, 7) is 8.06. The lowest BCUT2D eigenvalue weighted by Gasteiger charge is -2.36. The number of piperazine rings is 1. The second kappa shape index (κ2) is 10.8. The number of aromatic nitrogens is 1. The minimum absolute atomic E-state index is 0.286. The van der Waals surface area contributed by atoms with Gasteiger partial charge in [0.25, 0.3) is 0 Å². The Kier molecular flexibility index (Phi) is 7.88. The predicted molar refractivity (Wildman–Crippen MR) is 138 cm³/mol. The van der Waals surface area contributed by atoms with Gasteiger partial charge in [0, 0.05) is 86.6 Å². The third-order valence-electron chi connectivity index (χ3n) is 5.28. The van der Waals surface area contributed by atoms with Crippen LogP contribution in [0.25, 0.3) is 5.57 Å². The number of rotatable bonds is 7. The maximum absolute atomic E-state index is 12.3. The molecular formula is C25H33N7O2. The fourth-order valence-corrected chi connectivity index (χ4v) is 3.60. The SMILES string of the molecule is CN/C=C(\C=N)c1ccc(C=N)c(Nc2ccnc(N3CCN(C(=O)OC(C)(C)C)CC3)c2)c1. The highest BCUT2D eigenvalue weighted by Crippen LogP contribution is 2.26. The molecule has 0 aliphatic carbocycles. The topological polar surface area (TPSA) is 117 Å². The van der Waals surface area contributed by atoms with Crippen molar-refractivity contribution in [1.29, 1.82) is 10.8 Å². The fraction of sp³-hybridized carbons (Fsp3) is 0.360. The molecule has 1 saturated heterocycles. The molecule has 3 rings (SSSR count). The second-order valence-corrected chi connectivity index (χ2v) is 8.96. The average molecular weight is 464 g/mol. The lowest BCUT2D eigenvalue weighted by atomic mass is 10.0. The molecular weight excluding hydrogens is 430 g/mol. The van der Waals surface area contributed by atoms with Gasteiger partial charge >= 0.3 is 6.09 Å². The average Bonchev–Trinajstić information content (AvgIpc) is 2.82. The number of hydrogen-bond donors (Lipinski definition) is 4. The molecule has 1 amide bonds. The zero-order valence-electron chi connectivity index (χ0n) is 20.2. The van der Waals surface area contributed by atoms with Crippen molar-refractivity contribution in [2.75, 3.05) is 43.4 Å². The zero-order valence-corrected chi connectivity index (χ0v) is 20.2. The Morgan fingerprint density at radius 3 is 2.47 bits per heavy atom. The summed E-state index contributed by atoms with van der Waals surface area (Å²) in [4.78, 5) is 20.7. The number of nitrogens with one attached hydrogen (secondary N) is 4. The number of pyridine rings is 1. The quantitative estimate of drug-likeness (QED) is 0.460. The molecule has 0 saturated carbocycles. The van der Waals surface area contributed by atoms with E-state index < -0.39 is 5.60 Å². The van der Waals surface area contributed by atoms with Gasteiger partial charge in [-0.2, -0.15) is 0 Å². The summed E-state index contributed by atoms with van der Waals surface area (Å²) in [6.07, 6.45) is 5.82. The Labute approximate surface area is 200 Å². The van der Waals surface area contributed by atoms with Crippen LogP contribution in [0.15, 0.2) is 42.7 Å². The van der Waals surface area contributed by atoms with Crippen LogP contribution in [0.4, 0.5) is 22.0 Å². The summed E-state index contributed by atoms with van der Waals surface area (Å²) in [5, 5.41) is 21.8. The first-order valence-electron chi connectivity index (χ1n) is 11.2. The smallest absolute Gasteiger partial charge is 0.410 e. The molecule has 0 unspecified atom stereocenters. The van der Waals surface area contributed by atoms with Gasteiger partial charge in [-0.15, -0.1) is 0 Å². The highest BCUT2D eigenvalue weighted by molar-refractivity contribution is 6.09. The second-order valence-electron chi connectivity index (χ2n) is 8.96. The molecule has 0 spiro atoms. The molecule has 34 heavy (non-hydrogen) atoms. The molecule has 0 bridgehead atoms. The predicted octanol–water partition coefficient (Wildman–Crippen LogP) is 4.09. The van der Waals surface area contributed by atoms with Crippen molar-refractivity contribution in [3.05, 3.63) is 53.9 Å². The van der Waals surface area contributed by atoms with Crippen molar-refractivity contribution >= 4 is 41.3 Å². The number of carbonyl (C=O) groups is 1. The molecule has 4 N–H and O–H groups in total. The first kappa shape index (κ1) is 24.8. The van der Waals surface area contributed by atoms with Crippen molar-refractivity contribution in [3.63, 3.8) is 0 Å². The lowest BCUT2D eigenvalue weighted by molar-refractivity contribution is 0.0240. The van der Waals surface area contributed by atoms with Gasteiger partial charge in [-0.25, -0.2) is 9.78 Å². The van der Waals surface area contributed by atoms with Crippen molar-refractivity contribution in [2.45, 2.75) is 26.4 Å². The first-order valence-corrected chi connectivity index (χ1v) is 11.2. The molecule has 0 atom stereocenters. The number of amides is 1. The molecule has 2 heterocycles. The van der Waals surface area contributed by atoms with Gasteiger partial charge < -0.3 is 36.0 Å². The Morgan fingerprint density at radius 2 is 1.85 bits per heavy atom. The van der Waals surface area contributed by atoms with E-state index in [9.17, 15) is 4.79 Å². The van der Waals surface area contributed by atoms with E-state index in [-0.39, 0.29) is 6.09 Å². The summed E-state index contributed by atoms with van der Waals surface area (Å²) in [6, 6.07) is 9.51. The number of anilines is 3. The van der Waals surface area contributed by atoms with Crippen LogP contribution in [0.1, 0.15) is 31.9 Å². The van der Waals surface area contributed by atoms with Crippen molar-refractivity contribution in [3.8, 4) is 0 Å². The van der Waals surface area contributed by atoms with Gasteiger partial charge in [0.2, 0.25) is 0 Å². The minimum Gasteiger partial charge on any atom is -0.444 e. The van der Waals surface area contributed by atoms with Gasteiger partial charge in [0.05, 0.1) is 0 Å². The zero-order chi connectivity index (χ0) is 24.7. The maximum atomic E-state index is 12.3. The summed E-state index contributed by atoms with van der Waals surface area (Å²) in [7, 11) is 1.79. The van der Waals surface area contributed by atoms with Crippen LogP contribution >= 0.6 is 0 Å². The first-order chi connectivity index (χ1) is 16.2. The van der Waals surface area contributed by atoms with Crippen LogP contribution in [0.3, 0.4) is 0 Å². The number of ether oxygens (including phenoxy) is 1. The molecule has 180 valence electrons. The highest BCUT2D eigenvalue weighted by atomic mass is 16.6. The van der Waals surface area contributed by atoms with Crippen LogP contribution in [0, 0.1) is 10.8 Å². The monoisotopic (exact) mass is 463 g/mol. The maximum Gasteiger partial charge on any atom is 0.410 e. The Hall–Kier alpha value is -3.88. The number of benzene rings is 1. The van der Waals surface area contributed by atoms with Crippen molar-refractivity contribution < 1.29 is 9.53 Å². The van der Waals surface area contributed by atoms with E-state index in [0.29, 0.717) is 26.2 Å². The third kappa shape index (κ3) is 6.34. The van der Waals surface area contributed by atoms with E-state index in [0.717, 1.165) is 33.9 Å². The standard InChI is InChI=1S/C25H33N7O2/c1-25(2,3)34-24(33)32-11-9-31(10-12-32)23-14-21(7-8-29-23)30-22-13-18(5-6-19(22)15-26)20(16-27)17-28-4/h5-8,13-17,26-28H,9-12H2,1-4H3,(H,29,30)/b20-17+,26-15?,27-16?. The van der Waals surface area contributed by atoms with Crippen LogP contribution in [-0.4, -0.2) is 67.2 Å². The van der Waals surface area contributed by atoms with Gasteiger partial charge in [-0.1, -0.05) is 12.1 Å². The number of nitrogens with zero attached hydrogens (tertiary/aromatic N) is 3. The Bertz CT molecular complexity index is 1070. The summed E-state index contributed by atoms with van der Waals surface area (Å²) >= 11 is 0. The van der Waals surface area contributed by atoms with Gasteiger partial charge in [0.15, 0.2) is 0 Å². The van der Waals surface area contributed by atoms with Crippen LogP contribution in [0.2, 0.25) is 0 Å². The highest BCUT2D eigenvalue weighted by Gasteiger charge is 2.26. The number of hydrogen-bond acceptors (Lipinski definition) is 8. The van der Waals surface area contributed by atoms with Crippen LogP contribution in [-0.2, 0) is 4.74 Å². The van der Waals surface area contributed by atoms with E-state index in [1.807, 2.05) is 51.1 Å². The minimum atomic E-state index is -0.509. The van der Waals surface area contributed by atoms with Gasteiger partial charge in [-0.3, -0.25) is 0 Å². The third-order valence-corrected chi connectivity index (χ3v) is 5.28. The largest absolute Gasteiger partial charge is 0.444 e. The molecule has 9 heteroatoms. The Balaban J connectivity index is 1.73. The number of carbonyl (C=O) groups excluding carboxylic acids is 1. The molecule has 0 radical (unpaired) electrons. The summed E-state index contributed by atoms with van der Waals surface area (Å²) in [5.41, 5.74) is 3.44. The number of allylic oxidation sites excluding steroid dienone is 1. The molecule has 1 aromatic carbocycles. The van der Waals surface area contributed by atoms with Crippen LogP contribution < -0.4 is 15.5 Å². The molecule has 1 fully saturated rings. The van der Waals surface area contributed by atoms with E-state index >= 15 is 0 Å². The summed E-state index contributed by atoms with van der Waals surface area (Å²) in [5.74, 6) is 0.816. The molecule has 1 aliphatic heterocycles. The van der Waals surface area contributed by atoms with Crippen molar-refractivity contribution in [1.82, 2.24) is 15.2 Å². The lowest BCUT2D eigenvalue weighted by Crippen LogP contribution is -2.50. The molecule has 9 nitrogen and oxygen atoms in total. The molecule has 1 aliphatic rings. The molecule has 2 aromatic rings. The molecule has 1 aromatic heterocycles. The Morgan fingerprint density at radius 1 is 1.12 bits per heavy atom. The van der Waals surface area contributed by atoms with Gasteiger partial charge in [-0.05, 0) is 38.5 Å².